The second-order valence-corrected chi connectivity index (χ2v) is 5.88. The van der Waals surface area contributed by atoms with Crippen LogP contribution in [0.2, 0.25) is 0 Å². The molecular weight excluding hydrogens is 275 g/mol. The molecule has 112 valence electrons. The Morgan fingerprint density at radius 2 is 2.05 bits per heavy atom. The van der Waals surface area contributed by atoms with Crippen molar-refractivity contribution in [2.45, 2.75) is 31.7 Å². The highest BCUT2D eigenvalue weighted by Gasteiger charge is 2.40. The van der Waals surface area contributed by atoms with Gasteiger partial charge in [0.15, 0.2) is 0 Å². The maximum atomic E-state index is 13.3. The summed E-state index contributed by atoms with van der Waals surface area (Å²) in [5.74, 6) is -0.889. The van der Waals surface area contributed by atoms with Gasteiger partial charge in [0.1, 0.15) is 5.82 Å². The van der Waals surface area contributed by atoms with Crippen molar-refractivity contribution in [3.8, 4) is 0 Å². The number of rotatable bonds is 3. The number of hydrogen-bond acceptors (Lipinski definition) is 2. The van der Waals surface area contributed by atoms with Gasteiger partial charge in [-0.3, -0.25) is 0 Å². The standard InChI is InChI=1S/C15H17FN2O3/c16-12-4-3-10(7-11(12)14(19)20)17-15(21)18-13-6-8-1-2-9(13)5-8/h3-4,7-9,13H,1-2,5-6H2,(H,19,20)(H2,17,18,21). The Hall–Kier alpha value is -2.11. The van der Waals surface area contributed by atoms with Crippen LogP contribution in [0.15, 0.2) is 18.2 Å². The number of halogens is 1. The number of fused-ring (bicyclic) bond motifs is 2. The predicted octanol–water partition coefficient (Wildman–Crippen LogP) is 2.83. The van der Waals surface area contributed by atoms with Crippen LogP contribution < -0.4 is 10.6 Å². The monoisotopic (exact) mass is 292 g/mol. The first-order valence-corrected chi connectivity index (χ1v) is 7.13. The number of hydrogen-bond donors (Lipinski definition) is 3. The fraction of sp³-hybridized carbons (Fsp3) is 0.467. The lowest BCUT2D eigenvalue weighted by Gasteiger charge is -2.23. The number of anilines is 1. The zero-order chi connectivity index (χ0) is 15.0. The van der Waals surface area contributed by atoms with Crippen molar-refractivity contribution >= 4 is 17.7 Å². The second-order valence-electron chi connectivity index (χ2n) is 5.88. The van der Waals surface area contributed by atoms with Crippen LogP contribution in [0.25, 0.3) is 0 Å². The number of carboxylic acids is 1. The summed E-state index contributed by atoms with van der Waals surface area (Å²) in [5.41, 5.74) is -0.179. The molecule has 0 aliphatic heterocycles. The van der Waals surface area contributed by atoms with Gasteiger partial charge in [-0.15, -0.1) is 0 Å². The minimum atomic E-state index is -1.36. The molecule has 3 rings (SSSR count). The highest BCUT2D eigenvalue weighted by atomic mass is 19.1. The van der Waals surface area contributed by atoms with E-state index in [0.29, 0.717) is 5.92 Å². The van der Waals surface area contributed by atoms with Crippen molar-refractivity contribution in [3.63, 3.8) is 0 Å². The number of aromatic carboxylic acids is 1. The zero-order valence-corrected chi connectivity index (χ0v) is 11.4. The number of benzene rings is 1. The van der Waals surface area contributed by atoms with Crippen molar-refractivity contribution in [3.05, 3.63) is 29.6 Å². The van der Waals surface area contributed by atoms with Gasteiger partial charge in [-0.25, -0.2) is 14.0 Å². The van der Waals surface area contributed by atoms with Crippen LogP contribution >= 0.6 is 0 Å². The molecule has 0 radical (unpaired) electrons. The van der Waals surface area contributed by atoms with E-state index in [9.17, 15) is 14.0 Å². The molecule has 2 bridgehead atoms. The molecule has 3 unspecified atom stereocenters. The number of carbonyl (C=O) groups excluding carboxylic acids is 1. The lowest BCUT2D eigenvalue weighted by Crippen LogP contribution is -2.41. The van der Waals surface area contributed by atoms with Gasteiger partial charge in [-0.1, -0.05) is 6.42 Å². The van der Waals surface area contributed by atoms with Crippen molar-refractivity contribution in [1.29, 1.82) is 0 Å². The molecule has 2 fully saturated rings. The Morgan fingerprint density at radius 3 is 2.67 bits per heavy atom. The van der Waals surface area contributed by atoms with E-state index < -0.39 is 17.3 Å². The topological polar surface area (TPSA) is 78.4 Å². The average Bonchev–Trinajstić information content (AvgIpc) is 3.03. The first-order chi connectivity index (χ1) is 10.0. The molecule has 2 aliphatic carbocycles. The molecule has 0 heterocycles. The predicted molar refractivity (Wildman–Crippen MR) is 74.7 cm³/mol. The molecule has 1 aromatic carbocycles. The van der Waals surface area contributed by atoms with E-state index in [-0.39, 0.29) is 17.8 Å². The lowest BCUT2D eigenvalue weighted by atomic mass is 9.95. The van der Waals surface area contributed by atoms with Crippen LogP contribution in [0.4, 0.5) is 14.9 Å². The number of urea groups is 1. The number of nitrogens with one attached hydrogen (secondary N) is 2. The van der Waals surface area contributed by atoms with Gasteiger partial charge < -0.3 is 15.7 Å². The molecule has 21 heavy (non-hydrogen) atoms. The Balaban J connectivity index is 1.62. The van der Waals surface area contributed by atoms with Crippen LogP contribution in [-0.4, -0.2) is 23.1 Å². The van der Waals surface area contributed by atoms with E-state index in [1.807, 2.05) is 0 Å². The minimum absolute atomic E-state index is 0.197. The molecule has 3 N–H and O–H groups in total. The van der Waals surface area contributed by atoms with Gasteiger partial charge in [0.05, 0.1) is 5.56 Å². The first kappa shape index (κ1) is 13.9. The van der Waals surface area contributed by atoms with E-state index in [2.05, 4.69) is 10.6 Å². The third-order valence-corrected chi connectivity index (χ3v) is 4.51. The molecule has 0 saturated heterocycles. The number of amides is 2. The molecule has 2 amide bonds. The Morgan fingerprint density at radius 1 is 1.24 bits per heavy atom. The van der Waals surface area contributed by atoms with Crippen molar-refractivity contribution in [2.75, 3.05) is 5.32 Å². The van der Waals surface area contributed by atoms with Crippen LogP contribution in [0.3, 0.4) is 0 Å². The fourth-order valence-corrected chi connectivity index (χ4v) is 3.52. The molecule has 2 saturated carbocycles. The minimum Gasteiger partial charge on any atom is -0.478 e. The highest BCUT2D eigenvalue weighted by Crippen LogP contribution is 2.44. The summed E-state index contributed by atoms with van der Waals surface area (Å²) >= 11 is 0. The SMILES string of the molecule is O=C(Nc1ccc(F)c(C(=O)O)c1)NC1CC2CCC1C2. The van der Waals surface area contributed by atoms with Crippen LogP contribution in [0.1, 0.15) is 36.0 Å². The summed E-state index contributed by atoms with van der Waals surface area (Å²) in [6.07, 6.45) is 4.62. The van der Waals surface area contributed by atoms with Crippen LogP contribution in [0, 0.1) is 17.7 Å². The van der Waals surface area contributed by atoms with Crippen molar-refractivity contribution in [1.82, 2.24) is 5.32 Å². The fourth-order valence-electron chi connectivity index (χ4n) is 3.52. The normalized spacial score (nSPS) is 26.6. The van der Waals surface area contributed by atoms with E-state index in [1.54, 1.807) is 0 Å². The largest absolute Gasteiger partial charge is 0.478 e. The van der Waals surface area contributed by atoms with E-state index >= 15 is 0 Å². The van der Waals surface area contributed by atoms with Crippen LogP contribution in [-0.2, 0) is 0 Å². The van der Waals surface area contributed by atoms with Crippen molar-refractivity contribution < 1.29 is 19.1 Å². The Bertz CT molecular complexity index is 590. The van der Waals surface area contributed by atoms with E-state index in [0.717, 1.165) is 30.9 Å². The maximum absolute atomic E-state index is 13.3. The molecule has 6 heteroatoms. The summed E-state index contributed by atoms with van der Waals surface area (Å²) in [6.45, 7) is 0. The summed E-state index contributed by atoms with van der Waals surface area (Å²) in [6, 6.07) is 3.34. The van der Waals surface area contributed by atoms with Gasteiger partial charge in [0, 0.05) is 11.7 Å². The number of carboxylic acid groups (broad SMARTS) is 1. The zero-order valence-electron chi connectivity index (χ0n) is 11.4. The summed E-state index contributed by atoms with van der Waals surface area (Å²) in [7, 11) is 0. The van der Waals surface area contributed by atoms with E-state index in [4.69, 9.17) is 5.11 Å². The second kappa shape index (κ2) is 5.35. The molecular formula is C15H17FN2O3. The lowest BCUT2D eigenvalue weighted by molar-refractivity contribution is 0.0692. The van der Waals surface area contributed by atoms with Crippen molar-refractivity contribution in [2.24, 2.45) is 11.8 Å². The molecule has 0 aromatic heterocycles. The van der Waals surface area contributed by atoms with Gasteiger partial charge in [-0.05, 0) is 49.3 Å². The molecule has 1 aromatic rings. The molecule has 0 spiro atoms. The van der Waals surface area contributed by atoms with Gasteiger partial charge >= 0.3 is 12.0 Å². The smallest absolute Gasteiger partial charge is 0.338 e. The number of carbonyl (C=O) groups is 2. The Labute approximate surface area is 121 Å². The molecule has 3 atom stereocenters. The third kappa shape index (κ3) is 2.84. The Kier molecular flexibility index (Phi) is 3.53. The van der Waals surface area contributed by atoms with Gasteiger partial charge in [-0.2, -0.15) is 0 Å². The van der Waals surface area contributed by atoms with Gasteiger partial charge in [0.25, 0.3) is 0 Å². The summed E-state index contributed by atoms with van der Waals surface area (Å²) < 4.78 is 13.3. The highest BCUT2D eigenvalue weighted by molar-refractivity contribution is 5.93. The summed E-state index contributed by atoms with van der Waals surface area (Å²) in [5, 5.41) is 14.4. The molecule has 2 aliphatic rings. The maximum Gasteiger partial charge on any atom is 0.338 e. The quantitative estimate of drug-likeness (QED) is 0.801. The summed E-state index contributed by atoms with van der Waals surface area (Å²) in [4.78, 5) is 22.8. The van der Waals surface area contributed by atoms with E-state index in [1.165, 1.54) is 18.9 Å². The molecule has 5 nitrogen and oxygen atoms in total. The average molecular weight is 292 g/mol. The third-order valence-electron chi connectivity index (χ3n) is 4.51. The first-order valence-electron chi connectivity index (χ1n) is 7.13. The van der Waals surface area contributed by atoms with Crippen LogP contribution in [0.5, 0.6) is 0 Å². The van der Waals surface area contributed by atoms with Gasteiger partial charge in [0.2, 0.25) is 0 Å².